The van der Waals surface area contributed by atoms with E-state index in [1.165, 1.54) is 16.7 Å². The lowest BCUT2D eigenvalue weighted by Gasteiger charge is -2.05. The van der Waals surface area contributed by atoms with Crippen LogP contribution in [0.15, 0.2) is 70.8 Å². The van der Waals surface area contributed by atoms with Gasteiger partial charge in [-0.1, -0.05) is 35.9 Å². The molecule has 4 rings (SSSR count). The zero-order chi connectivity index (χ0) is 19.5. The summed E-state index contributed by atoms with van der Waals surface area (Å²) in [6, 6.07) is 18.5. The van der Waals surface area contributed by atoms with Gasteiger partial charge in [0, 0.05) is 33.8 Å². The topological polar surface area (TPSA) is 37.6 Å². The Morgan fingerprint density at radius 1 is 0.821 bits per heavy atom. The van der Waals surface area contributed by atoms with E-state index in [2.05, 4.69) is 67.1 Å². The van der Waals surface area contributed by atoms with Crippen LogP contribution in [0.1, 0.15) is 26.4 Å². The van der Waals surface area contributed by atoms with Gasteiger partial charge >= 0.3 is 0 Å². The number of pyridine rings is 1. The summed E-state index contributed by atoms with van der Waals surface area (Å²) in [5, 5.41) is 1.10. The number of rotatable bonds is 4. The summed E-state index contributed by atoms with van der Waals surface area (Å²) in [5.41, 5.74) is 6.53. The molecular weight excluding hydrogens is 362 g/mol. The highest BCUT2D eigenvalue weighted by Gasteiger charge is 2.03. The SMILES string of the molecule is Cc1cc(C)c(N=Cc2ccc(C=Nc3cccc4cccnc34)s2)c(C)c1. The second kappa shape index (κ2) is 7.87. The minimum atomic E-state index is 0.882. The summed E-state index contributed by atoms with van der Waals surface area (Å²) >= 11 is 1.67. The van der Waals surface area contributed by atoms with Crippen LogP contribution in [0.25, 0.3) is 10.9 Å². The Bertz CT molecular complexity index is 1170. The van der Waals surface area contributed by atoms with E-state index in [1.54, 1.807) is 17.5 Å². The zero-order valence-corrected chi connectivity index (χ0v) is 17.0. The van der Waals surface area contributed by atoms with Gasteiger partial charge in [-0.25, -0.2) is 0 Å². The van der Waals surface area contributed by atoms with Gasteiger partial charge in [0.2, 0.25) is 0 Å². The maximum absolute atomic E-state index is 4.72. The Morgan fingerprint density at radius 3 is 2.25 bits per heavy atom. The van der Waals surface area contributed by atoms with Crippen molar-refractivity contribution < 1.29 is 0 Å². The molecule has 0 fully saturated rings. The zero-order valence-electron chi connectivity index (χ0n) is 16.2. The van der Waals surface area contributed by atoms with Crippen molar-refractivity contribution in [1.82, 2.24) is 4.98 Å². The molecule has 0 unspecified atom stereocenters. The highest BCUT2D eigenvalue weighted by Crippen LogP contribution is 2.26. The van der Waals surface area contributed by atoms with Gasteiger partial charge in [0.15, 0.2) is 0 Å². The van der Waals surface area contributed by atoms with Crippen LogP contribution in [0.2, 0.25) is 0 Å². The molecule has 0 spiro atoms. The lowest BCUT2D eigenvalue weighted by molar-refractivity contribution is 1.29. The quantitative estimate of drug-likeness (QED) is 0.360. The number of aliphatic imine (C=N–C) groups is 2. The Labute approximate surface area is 169 Å². The largest absolute Gasteiger partial charge is 0.255 e. The number of hydrogen-bond acceptors (Lipinski definition) is 4. The van der Waals surface area contributed by atoms with E-state index in [9.17, 15) is 0 Å². The van der Waals surface area contributed by atoms with Crippen molar-refractivity contribution in [2.75, 3.05) is 0 Å². The molecule has 2 heterocycles. The van der Waals surface area contributed by atoms with E-state index in [0.29, 0.717) is 0 Å². The smallest absolute Gasteiger partial charge is 0.0958 e. The summed E-state index contributed by atoms with van der Waals surface area (Å²) < 4.78 is 0. The van der Waals surface area contributed by atoms with Gasteiger partial charge < -0.3 is 0 Å². The van der Waals surface area contributed by atoms with Crippen LogP contribution in [0, 0.1) is 20.8 Å². The van der Waals surface area contributed by atoms with Crippen molar-refractivity contribution in [2.24, 2.45) is 9.98 Å². The van der Waals surface area contributed by atoms with Gasteiger partial charge in [-0.3, -0.25) is 15.0 Å². The summed E-state index contributed by atoms with van der Waals surface area (Å²) in [4.78, 5) is 16.0. The number of benzene rings is 2. The number of thiophene rings is 1. The molecule has 0 aliphatic rings. The van der Waals surface area contributed by atoms with Crippen molar-refractivity contribution in [1.29, 1.82) is 0 Å². The van der Waals surface area contributed by atoms with Gasteiger partial charge in [-0.05, 0) is 56.2 Å². The summed E-state index contributed by atoms with van der Waals surface area (Å²) in [6.45, 7) is 6.33. The summed E-state index contributed by atoms with van der Waals surface area (Å²) in [7, 11) is 0. The van der Waals surface area contributed by atoms with Gasteiger partial charge in [0.05, 0.1) is 16.9 Å². The Hall–Kier alpha value is -3.11. The molecule has 0 aliphatic heterocycles. The average Bonchev–Trinajstić information content (AvgIpc) is 3.13. The molecule has 3 nitrogen and oxygen atoms in total. The van der Waals surface area contributed by atoms with Crippen molar-refractivity contribution in [3.05, 3.63) is 87.2 Å². The lowest BCUT2D eigenvalue weighted by Crippen LogP contribution is -1.84. The number of para-hydroxylation sites is 1. The third-order valence-corrected chi connectivity index (χ3v) is 5.50. The molecule has 0 atom stereocenters. The molecule has 0 radical (unpaired) electrons. The number of fused-ring (bicyclic) bond motifs is 1. The molecule has 0 bridgehead atoms. The molecule has 4 aromatic rings. The maximum atomic E-state index is 4.72. The third kappa shape index (κ3) is 3.92. The highest BCUT2D eigenvalue weighted by molar-refractivity contribution is 7.15. The van der Waals surface area contributed by atoms with Gasteiger partial charge in [0.1, 0.15) is 0 Å². The van der Waals surface area contributed by atoms with Crippen LogP contribution < -0.4 is 0 Å². The van der Waals surface area contributed by atoms with E-state index in [1.807, 2.05) is 30.6 Å². The first-order chi connectivity index (χ1) is 13.6. The van der Waals surface area contributed by atoms with E-state index >= 15 is 0 Å². The molecule has 0 saturated carbocycles. The van der Waals surface area contributed by atoms with Gasteiger partial charge in [-0.15, -0.1) is 11.3 Å². The van der Waals surface area contributed by atoms with E-state index in [-0.39, 0.29) is 0 Å². The van der Waals surface area contributed by atoms with Crippen molar-refractivity contribution in [2.45, 2.75) is 20.8 Å². The van der Waals surface area contributed by atoms with E-state index in [0.717, 1.165) is 32.0 Å². The first-order valence-corrected chi connectivity index (χ1v) is 10.0. The van der Waals surface area contributed by atoms with Crippen LogP contribution in [-0.4, -0.2) is 17.4 Å². The minimum absolute atomic E-state index is 0.882. The second-order valence-corrected chi connectivity index (χ2v) is 8.00. The molecular formula is C24H21N3S. The molecule has 4 heteroatoms. The number of aryl methyl sites for hydroxylation is 3. The predicted molar refractivity (Wildman–Crippen MR) is 121 cm³/mol. The first kappa shape index (κ1) is 18.3. The fraction of sp³-hybridized carbons (Fsp3) is 0.125. The monoisotopic (exact) mass is 383 g/mol. The van der Waals surface area contributed by atoms with Crippen LogP contribution in [0.3, 0.4) is 0 Å². The summed E-state index contributed by atoms with van der Waals surface area (Å²) in [6.07, 6.45) is 5.64. The van der Waals surface area contributed by atoms with Crippen LogP contribution in [0.5, 0.6) is 0 Å². The van der Waals surface area contributed by atoms with E-state index < -0.39 is 0 Å². The highest BCUT2D eigenvalue weighted by atomic mass is 32.1. The van der Waals surface area contributed by atoms with Crippen LogP contribution in [0.4, 0.5) is 11.4 Å². The molecule has 0 saturated heterocycles. The molecule has 2 aromatic carbocycles. The molecule has 28 heavy (non-hydrogen) atoms. The minimum Gasteiger partial charge on any atom is -0.255 e. The summed E-state index contributed by atoms with van der Waals surface area (Å²) in [5.74, 6) is 0. The molecule has 0 aliphatic carbocycles. The third-order valence-electron chi connectivity index (χ3n) is 4.55. The first-order valence-electron chi connectivity index (χ1n) is 9.20. The fourth-order valence-corrected chi connectivity index (χ4v) is 4.09. The van der Waals surface area contributed by atoms with Gasteiger partial charge in [-0.2, -0.15) is 0 Å². The fourth-order valence-electron chi connectivity index (χ4n) is 3.34. The number of aromatic nitrogens is 1. The number of hydrogen-bond donors (Lipinski definition) is 0. The lowest BCUT2D eigenvalue weighted by atomic mass is 10.1. The van der Waals surface area contributed by atoms with E-state index in [4.69, 9.17) is 4.99 Å². The molecule has 0 N–H and O–H groups in total. The normalized spacial score (nSPS) is 11.8. The van der Waals surface area contributed by atoms with Crippen molar-refractivity contribution in [3.63, 3.8) is 0 Å². The second-order valence-electron chi connectivity index (χ2n) is 6.86. The van der Waals surface area contributed by atoms with Crippen LogP contribution >= 0.6 is 11.3 Å². The van der Waals surface area contributed by atoms with Crippen molar-refractivity contribution in [3.8, 4) is 0 Å². The molecule has 2 aromatic heterocycles. The van der Waals surface area contributed by atoms with Crippen molar-refractivity contribution >= 4 is 46.0 Å². The number of nitrogens with zero attached hydrogens (tertiary/aromatic N) is 3. The predicted octanol–water partition coefficient (Wildman–Crippen LogP) is 6.72. The Morgan fingerprint density at radius 2 is 1.50 bits per heavy atom. The maximum Gasteiger partial charge on any atom is 0.0958 e. The molecule has 138 valence electrons. The Balaban J connectivity index is 1.56. The Kier molecular flexibility index (Phi) is 5.13. The molecule has 0 amide bonds. The standard InChI is InChI=1S/C24H21N3S/c1-16-12-17(2)23(18(3)13-16)27-15-21-10-9-20(28-21)14-26-22-8-4-6-19-7-5-11-25-24(19)22/h4-15H,1-3H3. The average molecular weight is 384 g/mol. The van der Waals surface area contributed by atoms with Gasteiger partial charge in [0.25, 0.3) is 0 Å². The van der Waals surface area contributed by atoms with Crippen LogP contribution in [-0.2, 0) is 0 Å².